The number of nitrogen functional groups attached to an aromatic ring is 1. The zero-order valence-electron chi connectivity index (χ0n) is 12.1. The molecular formula is C12H22N4O4. The molecule has 0 aliphatic carbocycles. The highest BCUT2D eigenvalue weighted by Gasteiger charge is 2.12. The molecule has 1 rings (SSSR count). The Morgan fingerprint density at radius 1 is 1.35 bits per heavy atom. The molecule has 8 heteroatoms. The maximum atomic E-state index is 11.8. The fourth-order valence-electron chi connectivity index (χ4n) is 1.78. The van der Waals surface area contributed by atoms with Gasteiger partial charge in [-0.15, -0.1) is 0 Å². The van der Waals surface area contributed by atoms with Gasteiger partial charge in [-0.3, -0.25) is 14.3 Å². The molecule has 0 amide bonds. The molecule has 0 saturated carbocycles. The number of methoxy groups -OCH3 is 2. The summed E-state index contributed by atoms with van der Waals surface area (Å²) in [5, 5.41) is 2.96. The fraction of sp³-hybridized carbons (Fsp3) is 0.667. The summed E-state index contributed by atoms with van der Waals surface area (Å²) in [5.41, 5.74) is 5.01. The van der Waals surface area contributed by atoms with Gasteiger partial charge >= 0.3 is 5.69 Å². The predicted octanol–water partition coefficient (Wildman–Crippen LogP) is -0.540. The average molecular weight is 286 g/mol. The lowest BCUT2D eigenvalue weighted by Crippen LogP contribution is -2.35. The van der Waals surface area contributed by atoms with Crippen molar-refractivity contribution in [3.8, 4) is 0 Å². The molecule has 0 fully saturated rings. The summed E-state index contributed by atoms with van der Waals surface area (Å²) in [7, 11) is 3.14. The number of aromatic amines is 1. The Balaban J connectivity index is 2.95. The fourth-order valence-corrected chi connectivity index (χ4v) is 1.78. The van der Waals surface area contributed by atoms with Crippen molar-refractivity contribution in [3.05, 3.63) is 20.8 Å². The van der Waals surface area contributed by atoms with Gasteiger partial charge in [-0.1, -0.05) is 6.92 Å². The zero-order chi connectivity index (χ0) is 15.1. The van der Waals surface area contributed by atoms with Crippen molar-refractivity contribution in [2.24, 2.45) is 5.92 Å². The summed E-state index contributed by atoms with van der Waals surface area (Å²) in [6.45, 7) is 3.66. The Bertz CT molecular complexity index is 537. The highest BCUT2D eigenvalue weighted by molar-refractivity contribution is 5.60. The largest absolute Gasteiger partial charge is 0.384 e. The first-order valence-corrected chi connectivity index (χ1v) is 6.35. The number of hydrogen-bond acceptors (Lipinski definition) is 6. The van der Waals surface area contributed by atoms with Crippen LogP contribution in [0.25, 0.3) is 0 Å². The first kappa shape index (κ1) is 16.3. The van der Waals surface area contributed by atoms with Crippen LogP contribution in [-0.2, 0) is 16.0 Å². The van der Waals surface area contributed by atoms with Crippen LogP contribution in [0.2, 0.25) is 0 Å². The van der Waals surface area contributed by atoms with Crippen molar-refractivity contribution < 1.29 is 9.47 Å². The molecule has 0 spiro atoms. The summed E-state index contributed by atoms with van der Waals surface area (Å²) in [6, 6.07) is 0. The first-order valence-electron chi connectivity index (χ1n) is 6.35. The Kier molecular flexibility index (Phi) is 6.26. The van der Waals surface area contributed by atoms with Gasteiger partial charge in [-0.2, -0.15) is 0 Å². The molecule has 0 aliphatic heterocycles. The molecule has 0 bridgehead atoms. The highest BCUT2D eigenvalue weighted by atomic mass is 16.5. The van der Waals surface area contributed by atoms with E-state index in [2.05, 4.69) is 10.3 Å². The Morgan fingerprint density at radius 2 is 2.05 bits per heavy atom. The smallest absolute Gasteiger partial charge is 0.330 e. The molecule has 8 nitrogen and oxygen atoms in total. The number of anilines is 2. The second kappa shape index (κ2) is 7.71. The minimum absolute atomic E-state index is 0.111. The van der Waals surface area contributed by atoms with Gasteiger partial charge in [0.1, 0.15) is 11.5 Å². The number of ether oxygens (including phenoxy) is 2. The molecule has 0 radical (unpaired) electrons. The average Bonchev–Trinajstić information content (AvgIpc) is 2.38. The summed E-state index contributed by atoms with van der Waals surface area (Å²) >= 11 is 0. The lowest BCUT2D eigenvalue weighted by Gasteiger charge is -2.16. The topological polar surface area (TPSA) is 111 Å². The van der Waals surface area contributed by atoms with Crippen molar-refractivity contribution in [1.82, 2.24) is 9.55 Å². The van der Waals surface area contributed by atoms with E-state index < -0.39 is 11.2 Å². The van der Waals surface area contributed by atoms with Crippen LogP contribution >= 0.6 is 0 Å². The molecule has 0 aliphatic rings. The number of aromatic nitrogens is 2. The van der Waals surface area contributed by atoms with Crippen molar-refractivity contribution in [2.75, 3.05) is 45.0 Å². The van der Waals surface area contributed by atoms with Gasteiger partial charge in [0, 0.05) is 20.8 Å². The van der Waals surface area contributed by atoms with Crippen LogP contribution in [0.4, 0.5) is 11.5 Å². The zero-order valence-corrected chi connectivity index (χ0v) is 12.1. The quantitative estimate of drug-likeness (QED) is 0.592. The molecule has 1 aromatic heterocycles. The number of rotatable bonds is 8. The van der Waals surface area contributed by atoms with Gasteiger partial charge in [-0.05, 0) is 5.92 Å². The summed E-state index contributed by atoms with van der Waals surface area (Å²) in [6.07, 6.45) is 0. The maximum absolute atomic E-state index is 11.8. The first-order chi connectivity index (χ1) is 9.51. The molecule has 1 heterocycles. The van der Waals surface area contributed by atoms with E-state index in [1.807, 2.05) is 6.92 Å². The van der Waals surface area contributed by atoms with E-state index >= 15 is 0 Å². The van der Waals surface area contributed by atoms with Crippen LogP contribution in [0.3, 0.4) is 0 Å². The molecule has 114 valence electrons. The van der Waals surface area contributed by atoms with Gasteiger partial charge in [0.2, 0.25) is 0 Å². The minimum atomic E-state index is -0.542. The lowest BCUT2D eigenvalue weighted by atomic mass is 10.2. The van der Waals surface area contributed by atoms with Crippen molar-refractivity contribution >= 4 is 11.5 Å². The number of nitrogens with one attached hydrogen (secondary N) is 2. The number of H-pyrrole nitrogens is 1. The molecular weight excluding hydrogens is 264 g/mol. The van der Waals surface area contributed by atoms with Gasteiger partial charge in [0.25, 0.3) is 5.56 Å². The van der Waals surface area contributed by atoms with Crippen LogP contribution in [0.5, 0.6) is 0 Å². The summed E-state index contributed by atoms with van der Waals surface area (Å²) < 4.78 is 11.2. The van der Waals surface area contributed by atoms with Gasteiger partial charge < -0.3 is 20.5 Å². The van der Waals surface area contributed by atoms with Crippen molar-refractivity contribution in [3.63, 3.8) is 0 Å². The normalized spacial score (nSPS) is 12.3. The van der Waals surface area contributed by atoms with Crippen LogP contribution in [0.15, 0.2) is 9.59 Å². The third kappa shape index (κ3) is 4.10. The Labute approximate surface area is 116 Å². The predicted molar refractivity (Wildman–Crippen MR) is 77.1 cm³/mol. The van der Waals surface area contributed by atoms with E-state index in [9.17, 15) is 9.59 Å². The van der Waals surface area contributed by atoms with E-state index in [-0.39, 0.29) is 24.0 Å². The molecule has 4 N–H and O–H groups in total. The lowest BCUT2D eigenvalue weighted by molar-refractivity contribution is 0.164. The molecule has 20 heavy (non-hydrogen) atoms. The second-order valence-corrected chi connectivity index (χ2v) is 4.61. The van der Waals surface area contributed by atoms with Crippen molar-refractivity contribution in [1.29, 1.82) is 0 Å². The third-order valence-electron chi connectivity index (χ3n) is 2.84. The number of hydrogen-bond donors (Lipinski definition) is 3. The standard InChI is InChI=1S/C12H22N4O4/c1-8(7-20-3)6-14-9-10(13)16(4-5-19-2)12(18)15-11(9)17/h8,14H,4-7,13H2,1-3H3,(H,15,17,18). The maximum Gasteiger partial charge on any atom is 0.330 e. The van der Waals surface area contributed by atoms with Crippen LogP contribution in [0.1, 0.15) is 6.92 Å². The monoisotopic (exact) mass is 286 g/mol. The van der Waals surface area contributed by atoms with E-state index in [0.717, 1.165) is 0 Å². The number of nitrogens with two attached hydrogens (primary N) is 1. The second-order valence-electron chi connectivity index (χ2n) is 4.61. The van der Waals surface area contributed by atoms with Gasteiger partial charge in [0.05, 0.1) is 19.8 Å². The highest BCUT2D eigenvalue weighted by Crippen LogP contribution is 2.10. The molecule has 1 aromatic rings. The van der Waals surface area contributed by atoms with E-state index in [0.29, 0.717) is 19.8 Å². The number of nitrogens with zero attached hydrogens (tertiary/aromatic N) is 1. The molecule has 0 saturated heterocycles. The van der Waals surface area contributed by atoms with Gasteiger partial charge in [-0.25, -0.2) is 4.79 Å². The molecule has 0 aromatic carbocycles. The van der Waals surface area contributed by atoms with Crippen LogP contribution in [-0.4, -0.2) is 43.5 Å². The SMILES string of the molecule is COCCn1c(N)c(NCC(C)COC)c(=O)[nH]c1=O. The van der Waals surface area contributed by atoms with Crippen LogP contribution < -0.4 is 22.3 Å². The molecule has 1 atom stereocenters. The summed E-state index contributed by atoms with van der Waals surface area (Å²) in [4.78, 5) is 25.7. The Morgan fingerprint density at radius 3 is 2.65 bits per heavy atom. The van der Waals surface area contributed by atoms with Crippen LogP contribution in [0, 0.1) is 5.92 Å². The molecule has 1 unspecified atom stereocenters. The van der Waals surface area contributed by atoms with Crippen molar-refractivity contribution in [2.45, 2.75) is 13.5 Å². The Hall–Kier alpha value is -1.80. The minimum Gasteiger partial charge on any atom is -0.384 e. The summed E-state index contributed by atoms with van der Waals surface area (Å²) in [5.74, 6) is 0.318. The third-order valence-corrected chi connectivity index (χ3v) is 2.84. The van der Waals surface area contributed by atoms with Gasteiger partial charge in [0.15, 0.2) is 0 Å². The van der Waals surface area contributed by atoms with E-state index in [1.165, 1.54) is 11.7 Å². The van der Waals surface area contributed by atoms with E-state index in [4.69, 9.17) is 15.2 Å². The van der Waals surface area contributed by atoms with E-state index in [1.54, 1.807) is 7.11 Å².